The van der Waals surface area contributed by atoms with Crippen molar-refractivity contribution in [2.75, 3.05) is 6.61 Å². The van der Waals surface area contributed by atoms with Crippen LogP contribution < -0.4 is 5.32 Å². The fourth-order valence-electron chi connectivity index (χ4n) is 1.48. The van der Waals surface area contributed by atoms with Crippen molar-refractivity contribution in [3.8, 4) is 0 Å². The largest absolute Gasteiger partial charge is 0.462 e. The second kappa shape index (κ2) is 2.86. The molecule has 0 radical (unpaired) electrons. The number of hydrogen-bond donors (Lipinski definition) is 1. The van der Waals surface area contributed by atoms with Gasteiger partial charge < -0.3 is 9.15 Å². The highest BCUT2D eigenvalue weighted by molar-refractivity contribution is 5.09. The minimum absolute atomic E-state index is 0.0470. The van der Waals surface area contributed by atoms with Gasteiger partial charge >= 0.3 is 0 Å². The van der Waals surface area contributed by atoms with Gasteiger partial charge in [-0.25, -0.2) is 0 Å². The Morgan fingerprint density at radius 1 is 1.46 bits per heavy atom. The Morgan fingerprint density at radius 2 is 2.23 bits per heavy atom. The highest BCUT2D eigenvalue weighted by Gasteiger charge is 2.33. The van der Waals surface area contributed by atoms with E-state index >= 15 is 0 Å². The Morgan fingerprint density at radius 3 is 2.69 bits per heavy atom. The number of rotatable bonds is 1. The van der Waals surface area contributed by atoms with Crippen molar-refractivity contribution < 1.29 is 9.15 Å². The summed E-state index contributed by atoms with van der Waals surface area (Å²) in [4.78, 5) is 0. The lowest BCUT2D eigenvalue weighted by atomic mass is 10.1. The lowest BCUT2D eigenvalue weighted by Crippen LogP contribution is -2.35. The molecule has 3 nitrogen and oxygen atoms in total. The van der Waals surface area contributed by atoms with E-state index in [1.54, 1.807) is 0 Å². The average Bonchev–Trinajstić information content (AvgIpc) is 2.56. The molecule has 1 aromatic heterocycles. The highest BCUT2D eigenvalue weighted by atomic mass is 16.5. The topological polar surface area (TPSA) is 34.4 Å². The van der Waals surface area contributed by atoms with Gasteiger partial charge in [0.05, 0.1) is 6.61 Å². The Labute approximate surface area is 78.1 Å². The molecule has 2 rings (SSSR count). The average molecular weight is 181 g/mol. The lowest BCUT2D eigenvalue weighted by Gasteiger charge is -2.15. The first-order valence-corrected chi connectivity index (χ1v) is 4.52. The van der Waals surface area contributed by atoms with Crippen LogP contribution in [0.4, 0.5) is 0 Å². The molecule has 72 valence electrons. The standard InChI is InChI=1S/C10H15NO2/c1-7-4-5-8(13-7)9-11-10(2,3)6-12-9/h4-5,9,11H,6H2,1-3H3. The third-order valence-corrected chi connectivity index (χ3v) is 2.15. The first kappa shape index (κ1) is 8.78. The Balaban J connectivity index is 2.12. The van der Waals surface area contributed by atoms with Crippen LogP contribution in [0.3, 0.4) is 0 Å². The highest BCUT2D eigenvalue weighted by Crippen LogP contribution is 2.26. The van der Waals surface area contributed by atoms with Gasteiger partial charge in [0.1, 0.15) is 11.5 Å². The van der Waals surface area contributed by atoms with Crippen molar-refractivity contribution in [1.29, 1.82) is 0 Å². The van der Waals surface area contributed by atoms with E-state index in [-0.39, 0.29) is 11.8 Å². The number of furan rings is 1. The van der Waals surface area contributed by atoms with E-state index in [4.69, 9.17) is 9.15 Å². The van der Waals surface area contributed by atoms with E-state index in [2.05, 4.69) is 19.2 Å². The molecule has 1 fully saturated rings. The van der Waals surface area contributed by atoms with E-state index in [0.29, 0.717) is 0 Å². The molecule has 1 unspecified atom stereocenters. The molecule has 1 N–H and O–H groups in total. The zero-order valence-electron chi connectivity index (χ0n) is 8.26. The van der Waals surface area contributed by atoms with Gasteiger partial charge in [-0.3, -0.25) is 5.32 Å². The van der Waals surface area contributed by atoms with Crippen LogP contribution in [0.15, 0.2) is 16.5 Å². The summed E-state index contributed by atoms with van der Waals surface area (Å²) in [6, 6.07) is 3.90. The van der Waals surface area contributed by atoms with Crippen LogP contribution in [0.2, 0.25) is 0 Å². The summed E-state index contributed by atoms with van der Waals surface area (Å²) in [5.74, 6) is 1.79. The fourth-order valence-corrected chi connectivity index (χ4v) is 1.48. The monoisotopic (exact) mass is 181 g/mol. The van der Waals surface area contributed by atoms with Gasteiger partial charge in [-0.05, 0) is 32.9 Å². The van der Waals surface area contributed by atoms with Crippen LogP contribution in [0, 0.1) is 6.92 Å². The van der Waals surface area contributed by atoms with Gasteiger partial charge in [-0.1, -0.05) is 0 Å². The Bertz CT molecular complexity index is 304. The van der Waals surface area contributed by atoms with Crippen molar-refractivity contribution in [2.45, 2.75) is 32.5 Å². The van der Waals surface area contributed by atoms with Gasteiger partial charge in [-0.15, -0.1) is 0 Å². The summed E-state index contributed by atoms with van der Waals surface area (Å²) in [6.45, 7) is 6.88. The molecule has 0 aromatic carbocycles. The predicted octanol–water partition coefficient (Wildman–Crippen LogP) is 1.99. The zero-order chi connectivity index (χ0) is 9.47. The molecule has 0 spiro atoms. The number of nitrogens with one attached hydrogen (secondary N) is 1. The van der Waals surface area contributed by atoms with E-state index < -0.39 is 0 Å². The smallest absolute Gasteiger partial charge is 0.167 e. The Kier molecular flexibility index (Phi) is 1.93. The molecule has 0 saturated carbocycles. The number of aryl methyl sites for hydroxylation is 1. The van der Waals surface area contributed by atoms with Crippen LogP contribution in [-0.2, 0) is 4.74 Å². The fraction of sp³-hybridized carbons (Fsp3) is 0.600. The molecule has 1 aliphatic rings. The maximum Gasteiger partial charge on any atom is 0.167 e. The molecule has 3 heteroatoms. The molecule has 0 bridgehead atoms. The quantitative estimate of drug-likeness (QED) is 0.719. The number of hydrogen-bond acceptors (Lipinski definition) is 3. The van der Waals surface area contributed by atoms with Crippen molar-refractivity contribution in [3.05, 3.63) is 23.7 Å². The molecule has 1 saturated heterocycles. The predicted molar refractivity (Wildman–Crippen MR) is 49.4 cm³/mol. The second-order valence-corrected chi connectivity index (χ2v) is 4.17. The third kappa shape index (κ3) is 1.76. The zero-order valence-corrected chi connectivity index (χ0v) is 8.26. The van der Waals surface area contributed by atoms with E-state index in [9.17, 15) is 0 Å². The number of ether oxygens (including phenoxy) is 1. The maximum atomic E-state index is 5.56. The molecular weight excluding hydrogens is 166 g/mol. The summed E-state index contributed by atoms with van der Waals surface area (Å²) in [7, 11) is 0. The van der Waals surface area contributed by atoms with Gasteiger partial charge in [0.15, 0.2) is 6.23 Å². The van der Waals surface area contributed by atoms with E-state index in [1.807, 2.05) is 19.1 Å². The molecule has 0 amide bonds. The summed E-state index contributed by atoms with van der Waals surface area (Å²) in [5.41, 5.74) is 0.0470. The molecule has 1 atom stereocenters. The molecule has 1 aromatic rings. The van der Waals surface area contributed by atoms with Gasteiger partial charge in [0, 0.05) is 5.54 Å². The summed E-state index contributed by atoms with van der Waals surface area (Å²) >= 11 is 0. The Hall–Kier alpha value is -0.800. The van der Waals surface area contributed by atoms with Crippen LogP contribution in [0.5, 0.6) is 0 Å². The minimum Gasteiger partial charge on any atom is -0.462 e. The van der Waals surface area contributed by atoms with E-state index in [0.717, 1.165) is 18.1 Å². The van der Waals surface area contributed by atoms with Crippen LogP contribution in [-0.4, -0.2) is 12.1 Å². The molecule has 2 heterocycles. The maximum absolute atomic E-state index is 5.56. The van der Waals surface area contributed by atoms with E-state index in [1.165, 1.54) is 0 Å². The SMILES string of the molecule is Cc1ccc(C2NC(C)(C)CO2)o1. The summed E-state index contributed by atoms with van der Waals surface area (Å²) in [6.07, 6.45) is -0.0799. The first-order chi connectivity index (χ1) is 6.07. The van der Waals surface area contributed by atoms with Crippen molar-refractivity contribution in [2.24, 2.45) is 0 Å². The summed E-state index contributed by atoms with van der Waals surface area (Å²) in [5, 5.41) is 3.34. The molecule has 0 aliphatic carbocycles. The van der Waals surface area contributed by atoms with Crippen LogP contribution in [0.25, 0.3) is 0 Å². The molecule has 13 heavy (non-hydrogen) atoms. The second-order valence-electron chi connectivity index (χ2n) is 4.17. The van der Waals surface area contributed by atoms with Gasteiger partial charge in [0.25, 0.3) is 0 Å². The molecule has 1 aliphatic heterocycles. The first-order valence-electron chi connectivity index (χ1n) is 4.52. The van der Waals surface area contributed by atoms with Gasteiger partial charge in [-0.2, -0.15) is 0 Å². The van der Waals surface area contributed by atoms with Crippen molar-refractivity contribution in [3.63, 3.8) is 0 Å². The minimum atomic E-state index is -0.0799. The molecular formula is C10H15NO2. The van der Waals surface area contributed by atoms with Gasteiger partial charge in [0.2, 0.25) is 0 Å². The third-order valence-electron chi connectivity index (χ3n) is 2.15. The van der Waals surface area contributed by atoms with Crippen LogP contribution in [0.1, 0.15) is 31.6 Å². The summed E-state index contributed by atoms with van der Waals surface area (Å²) < 4.78 is 11.0. The van der Waals surface area contributed by atoms with Crippen LogP contribution >= 0.6 is 0 Å². The van der Waals surface area contributed by atoms with Crippen molar-refractivity contribution in [1.82, 2.24) is 5.32 Å². The van der Waals surface area contributed by atoms with Crippen molar-refractivity contribution >= 4 is 0 Å². The normalized spacial score (nSPS) is 26.5. The lowest BCUT2D eigenvalue weighted by molar-refractivity contribution is 0.0805.